The molecule has 122 valence electrons. The third-order valence-electron chi connectivity index (χ3n) is 3.42. The molecule has 0 saturated heterocycles. The maximum atomic E-state index is 12.4. The number of carbonyl (C=O) groups is 1. The summed E-state index contributed by atoms with van der Waals surface area (Å²) in [6.45, 7) is 4.34. The summed E-state index contributed by atoms with van der Waals surface area (Å²) in [6, 6.07) is 12.4. The molecule has 0 aliphatic heterocycles. The van der Waals surface area contributed by atoms with E-state index >= 15 is 0 Å². The van der Waals surface area contributed by atoms with Gasteiger partial charge in [-0.3, -0.25) is 4.79 Å². The van der Waals surface area contributed by atoms with Crippen LogP contribution in [0.3, 0.4) is 0 Å². The van der Waals surface area contributed by atoms with Crippen LogP contribution in [0.4, 0.5) is 0 Å². The lowest BCUT2D eigenvalue weighted by atomic mass is 10.1. The minimum atomic E-state index is -0.182. The summed E-state index contributed by atoms with van der Waals surface area (Å²) in [6.07, 6.45) is 0. The Labute approximate surface area is 141 Å². The van der Waals surface area contributed by atoms with Crippen molar-refractivity contribution in [3.05, 3.63) is 58.6 Å². The van der Waals surface area contributed by atoms with Crippen molar-refractivity contribution >= 4 is 17.5 Å². The standard InChI is InChI=1S/C18H20ClNO3/c1-4-23-16-9-8-14(11-17(16)22-3)18(21)20-12(2)13-6-5-7-15(19)10-13/h5-12H,4H2,1-3H3,(H,20,21). The van der Waals surface area contributed by atoms with E-state index in [1.54, 1.807) is 31.4 Å². The minimum absolute atomic E-state index is 0.154. The molecule has 0 aliphatic carbocycles. The number of amides is 1. The second-order valence-electron chi connectivity index (χ2n) is 5.05. The normalized spacial score (nSPS) is 11.7. The predicted octanol–water partition coefficient (Wildman–Crippen LogP) is 4.24. The highest BCUT2D eigenvalue weighted by molar-refractivity contribution is 6.30. The van der Waals surface area contributed by atoms with E-state index in [1.807, 2.05) is 32.0 Å². The lowest BCUT2D eigenvalue weighted by Gasteiger charge is -2.16. The van der Waals surface area contributed by atoms with Crippen LogP contribution < -0.4 is 14.8 Å². The van der Waals surface area contributed by atoms with Gasteiger partial charge in [-0.05, 0) is 49.7 Å². The number of carbonyl (C=O) groups excluding carboxylic acids is 1. The van der Waals surface area contributed by atoms with Crippen LogP contribution in [-0.2, 0) is 0 Å². The number of ether oxygens (including phenoxy) is 2. The van der Waals surface area contributed by atoms with Crippen LogP contribution in [0.15, 0.2) is 42.5 Å². The molecule has 0 heterocycles. The fourth-order valence-electron chi connectivity index (χ4n) is 2.22. The summed E-state index contributed by atoms with van der Waals surface area (Å²) >= 11 is 5.99. The Hall–Kier alpha value is -2.20. The van der Waals surface area contributed by atoms with Gasteiger partial charge in [0.15, 0.2) is 11.5 Å². The maximum absolute atomic E-state index is 12.4. The highest BCUT2D eigenvalue weighted by atomic mass is 35.5. The van der Waals surface area contributed by atoms with Gasteiger partial charge in [0.05, 0.1) is 19.8 Å². The highest BCUT2D eigenvalue weighted by Crippen LogP contribution is 2.28. The molecule has 1 amide bonds. The summed E-state index contributed by atoms with van der Waals surface area (Å²) in [4.78, 5) is 12.4. The molecule has 2 rings (SSSR count). The van der Waals surface area contributed by atoms with Crippen LogP contribution in [-0.4, -0.2) is 19.6 Å². The van der Waals surface area contributed by atoms with E-state index in [2.05, 4.69) is 5.32 Å². The van der Waals surface area contributed by atoms with Gasteiger partial charge >= 0.3 is 0 Å². The van der Waals surface area contributed by atoms with Gasteiger partial charge < -0.3 is 14.8 Å². The molecule has 2 aromatic rings. The number of benzene rings is 2. The molecule has 0 radical (unpaired) electrons. The second-order valence-corrected chi connectivity index (χ2v) is 5.49. The first-order chi connectivity index (χ1) is 11.0. The third kappa shape index (κ3) is 4.39. The number of halogens is 1. The van der Waals surface area contributed by atoms with E-state index in [0.29, 0.717) is 28.7 Å². The first-order valence-electron chi connectivity index (χ1n) is 7.42. The topological polar surface area (TPSA) is 47.6 Å². The zero-order valence-electron chi connectivity index (χ0n) is 13.4. The summed E-state index contributed by atoms with van der Waals surface area (Å²) in [5.74, 6) is 0.975. The van der Waals surface area contributed by atoms with Gasteiger partial charge in [0.2, 0.25) is 0 Å². The van der Waals surface area contributed by atoms with E-state index in [0.717, 1.165) is 5.56 Å². The predicted molar refractivity (Wildman–Crippen MR) is 91.5 cm³/mol. The molecule has 0 spiro atoms. The van der Waals surface area contributed by atoms with E-state index in [-0.39, 0.29) is 11.9 Å². The molecule has 0 bridgehead atoms. The summed E-state index contributed by atoms with van der Waals surface area (Å²) in [7, 11) is 1.55. The molecule has 2 aromatic carbocycles. The lowest BCUT2D eigenvalue weighted by molar-refractivity contribution is 0.0939. The van der Waals surface area contributed by atoms with Crippen molar-refractivity contribution in [2.24, 2.45) is 0 Å². The Morgan fingerprint density at radius 3 is 2.65 bits per heavy atom. The smallest absolute Gasteiger partial charge is 0.251 e. The summed E-state index contributed by atoms with van der Waals surface area (Å²) in [5.41, 5.74) is 1.46. The number of hydrogen-bond donors (Lipinski definition) is 1. The fraction of sp³-hybridized carbons (Fsp3) is 0.278. The molecular formula is C18H20ClNO3. The maximum Gasteiger partial charge on any atom is 0.251 e. The molecule has 1 atom stereocenters. The van der Waals surface area contributed by atoms with Crippen LogP contribution in [0, 0.1) is 0 Å². The Balaban J connectivity index is 2.14. The summed E-state index contributed by atoms with van der Waals surface area (Å²) < 4.78 is 10.7. The molecule has 5 heteroatoms. The minimum Gasteiger partial charge on any atom is -0.493 e. The quantitative estimate of drug-likeness (QED) is 0.860. The monoisotopic (exact) mass is 333 g/mol. The van der Waals surface area contributed by atoms with Crippen molar-refractivity contribution in [2.75, 3.05) is 13.7 Å². The van der Waals surface area contributed by atoms with Gasteiger partial charge in [-0.25, -0.2) is 0 Å². The Morgan fingerprint density at radius 2 is 2.00 bits per heavy atom. The molecule has 4 nitrogen and oxygen atoms in total. The Kier molecular flexibility index (Phi) is 5.88. The van der Waals surface area contributed by atoms with Crippen molar-refractivity contribution in [1.29, 1.82) is 0 Å². The van der Waals surface area contributed by atoms with Crippen LogP contribution in [0.1, 0.15) is 35.8 Å². The molecular weight excluding hydrogens is 314 g/mol. The van der Waals surface area contributed by atoms with Crippen molar-refractivity contribution in [1.82, 2.24) is 5.32 Å². The van der Waals surface area contributed by atoms with Gasteiger partial charge in [0.25, 0.3) is 5.91 Å². The first-order valence-corrected chi connectivity index (χ1v) is 7.80. The average molecular weight is 334 g/mol. The summed E-state index contributed by atoms with van der Waals surface area (Å²) in [5, 5.41) is 3.59. The molecule has 0 saturated carbocycles. The van der Waals surface area contributed by atoms with Crippen molar-refractivity contribution in [2.45, 2.75) is 19.9 Å². The molecule has 1 N–H and O–H groups in total. The molecule has 0 aromatic heterocycles. The lowest BCUT2D eigenvalue weighted by Crippen LogP contribution is -2.26. The van der Waals surface area contributed by atoms with Gasteiger partial charge in [0.1, 0.15) is 0 Å². The van der Waals surface area contributed by atoms with E-state index in [4.69, 9.17) is 21.1 Å². The van der Waals surface area contributed by atoms with Gasteiger partial charge in [-0.2, -0.15) is 0 Å². The molecule has 1 unspecified atom stereocenters. The van der Waals surface area contributed by atoms with Crippen LogP contribution >= 0.6 is 11.6 Å². The van der Waals surface area contributed by atoms with E-state index in [9.17, 15) is 4.79 Å². The molecule has 0 fully saturated rings. The van der Waals surface area contributed by atoms with E-state index < -0.39 is 0 Å². The van der Waals surface area contributed by atoms with Gasteiger partial charge in [-0.1, -0.05) is 23.7 Å². The van der Waals surface area contributed by atoms with Crippen molar-refractivity contribution in [3.8, 4) is 11.5 Å². The number of nitrogens with one attached hydrogen (secondary N) is 1. The largest absolute Gasteiger partial charge is 0.493 e. The number of rotatable bonds is 6. The second kappa shape index (κ2) is 7.88. The third-order valence-corrected chi connectivity index (χ3v) is 3.66. The molecule has 23 heavy (non-hydrogen) atoms. The van der Waals surface area contributed by atoms with Crippen LogP contribution in [0.2, 0.25) is 5.02 Å². The average Bonchev–Trinajstić information content (AvgIpc) is 2.55. The van der Waals surface area contributed by atoms with Crippen LogP contribution in [0.25, 0.3) is 0 Å². The Morgan fingerprint density at radius 1 is 1.22 bits per heavy atom. The first kappa shape index (κ1) is 17.2. The number of hydrogen-bond acceptors (Lipinski definition) is 3. The zero-order chi connectivity index (χ0) is 16.8. The SMILES string of the molecule is CCOc1ccc(C(=O)NC(C)c2cccc(Cl)c2)cc1OC. The zero-order valence-corrected chi connectivity index (χ0v) is 14.2. The fourth-order valence-corrected chi connectivity index (χ4v) is 2.42. The highest BCUT2D eigenvalue weighted by Gasteiger charge is 2.14. The number of methoxy groups -OCH3 is 1. The van der Waals surface area contributed by atoms with Gasteiger partial charge in [-0.15, -0.1) is 0 Å². The molecule has 0 aliphatic rings. The van der Waals surface area contributed by atoms with Gasteiger partial charge in [0, 0.05) is 10.6 Å². The Bertz CT molecular complexity index is 688. The van der Waals surface area contributed by atoms with Crippen molar-refractivity contribution in [3.63, 3.8) is 0 Å². The van der Waals surface area contributed by atoms with Crippen LogP contribution in [0.5, 0.6) is 11.5 Å². The van der Waals surface area contributed by atoms with E-state index in [1.165, 1.54) is 0 Å². The van der Waals surface area contributed by atoms with Crippen molar-refractivity contribution < 1.29 is 14.3 Å².